The van der Waals surface area contributed by atoms with Crippen molar-refractivity contribution >= 4 is 5.95 Å². The standard InChI is InChI=1S/C14H16F3N5/c1-21-8-10(7-19-21)12-4-5-18-13(20-12)22-6-2-3-11(9-22)14(15,16)17/h4-5,7-8,11H,2-3,6,9H2,1H3/t11-/m0/s1. The fourth-order valence-electron chi connectivity index (χ4n) is 2.64. The molecule has 0 saturated carbocycles. The molecule has 0 aromatic carbocycles. The van der Waals surface area contributed by atoms with Gasteiger partial charge >= 0.3 is 6.18 Å². The van der Waals surface area contributed by atoms with Crippen molar-refractivity contribution in [3.05, 3.63) is 24.7 Å². The minimum absolute atomic E-state index is 0.0833. The van der Waals surface area contributed by atoms with E-state index in [2.05, 4.69) is 15.1 Å². The Morgan fingerprint density at radius 3 is 2.82 bits per heavy atom. The molecular formula is C14H16F3N5. The highest BCUT2D eigenvalue weighted by molar-refractivity contribution is 5.58. The van der Waals surface area contributed by atoms with Crippen molar-refractivity contribution in [2.45, 2.75) is 19.0 Å². The second-order valence-electron chi connectivity index (χ2n) is 5.47. The van der Waals surface area contributed by atoms with Gasteiger partial charge in [0.05, 0.1) is 17.8 Å². The monoisotopic (exact) mass is 311 g/mol. The Bertz CT molecular complexity index is 652. The van der Waals surface area contributed by atoms with Crippen LogP contribution in [0.25, 0.3) is 11.3 Å². The van der Waals surface area contributed by atoms with Crippen LogP contribution in [0.15, 0.2) is 24.7 Å². The first-order valence-corrected chi connectivity index (χ1v) is 7.07. The van der Waals surface area contributed by atoms with E-state index in [0.717, 1.165) is 5.56 Å². The van der Waals surface area contributed by atoms with Crippen molar-refractivity contribution in [1.82, 2.24) is 19.7 Å². The molecule has 0 N–H and O–H groups in total. The molecule has 0 bridgehead atoms. The van der Waals surface area contributed by atoms with Gasteiger partial charge in [0.15, 0.2) is 0 Å². The molecule has 1 atom stereocenters. The van der Waals surface area contributed by atoms with E-state index >= 15 is 0 Å². The average Bonchev–Trinajstić information content (AvgIpc) is 2.93. The Labute approximate surface area is 125 Å². The SMILES string of the molecule is Cn1cc(-c2ccnc(N3CCC[C@H](C(F)(F)F)C3)n2)cn1. The van der Waals surface area contributed by atoms with E-state index in [0.29, 0.717) is 24.6 Å². The fraction of sp³-hybridized carbons (Fsp3) is 0.500. The lowest BCUT2D eigenvalue weighted by atomic mass is 9.98. The Morgan fingerprint density at radius 2 is 2.14 bits per heavy atom. The summed E-state index contributed by atoms with van der Waals surface area (Å²) in [4.78, 5) is 10.1. The summed E-state index contributed by atoms with van der Waals surface area (Å²) >= 11 is 0. The highest BCUT2D eigenvalue weighted by atomic mass is 19.4. The molecule has 1 aliphatic heterocycles. The molecule has 2 aromatic rings. The van der Waals surface area contributed by atoms with Gasteiger partial charge in [-0.2, -0.15) is 18.3 Å². The lowest BCUT2D eigenvalue weighted by molar-refractivity contribution is -0.176. The maximum atomic E-state index is 12.9. The first kappa shape index (κ1) is 14.8. The topological polar surface area (TPSA) is 46.8 Å². The van der Waals surface area contributed by atoms with Crippen molar-refractivity contribution < 1.29 is 13.2 Å². The van der Waals surface area contributed by atoms with Crippen LogP contribution < -0.4 is 4.90 Å². The van der Waals surface area contributed by atoms with Crippen LogP contribution in [0.3, 0.4) is 0 Å². The van der Waals surface area contributed by atoms with E-state index in [-0.39, 0.29) is 13.0 Å². The van der Waals surface area contributed by atoms with Crippen molar-refractivity contribution in [2.75, 3.05) is 18.0 Å². The predicted octanol–water partition coefficient (Wildman–Crippen LogP) is 2.66. The highest BCUT2D eigenvalue weighted by Crippen LogP contribution is 2.34. The van der Waals surface area contributed by atoms with Crippen LogP contribution in [0.2, 0.25) is 0 Å². The number of nitrogens with zero attached hydrogens (tertiary/aromatic N) is 5. The maximum Gasteiger partial charge on any atom is 0.393 e. The summed E-state index contributed by atoms with van der Waals surface area (Å²) in [7, 11) is 1.80. The van der Waals surface area contributed by atoms with E-state index in [1.807, 2.05) is 0 Å². The highest BCUT2D eigenvalue weighted by Gasteiger charge is 2.42. The third kappa shape index (κ3) is 3.05. The van der Waals surface area contributed by atoms with E-state index in [1.54, 1.807) is 41.3 Å². The van der Waals surface area contributed by atoms with Crippen molar-refractivity contribution in [2.24, 2.45) is 13.0 Å². The first-order chi connectivity index (χ1) is 10.4. The zero-order valence-electron chi connectivity index (χ0n) is 12.1. The fourth-order valence-corrected chi connectivity index (χ4v) is 2.64. The van der Waals surface area contributed by atoms with Gasteiger partial charge in [0, 0.05) is 38.1 Å². The Hall–Kier alpha value is -2.12. The van der Waals surface area contributed by atoms with Gasteiger partial charge in [-0.3, -0.25) is 4.68 Å². The molecule has 5 nitrogen and oxygen atoms in total. The van der Waals surface area contributed by atoms with Crippen LogP contribution in [-0.2, 0) is 7.05 Å². The maximum absolute atomic E-state index is 12.9. The molecule has 1 fully saturated rings. The number of anilines is 1. The van der Waals surface area contributed by atoms with Gasteiger partial charge < -0.3 is 4.90 Å². The Kier molecular flexibility index (Phi) is 3.76. The van der Waals surface area contributed by atoms with Gasteiger partial charge in [0.1, 0.15) is 0 Å². The third-order valence-electron chi connectivity index (χ3n) is 3.81. The van der Waals surface area contributed by atoms with E-state index in [4.69, 9.17) is 0 Å². The number of aromatic nitrogens is 4. The first-order valence-electron chi connectivity index (χ1n) is 7.07. The summed E-state index contributed by atoms with van der Waals surface area (Å²) in [6.45, 7) is 0.461. The zero-order valence-corrected chi connectivity index (χ0v) is 12.1. The molecule has 1 saturated heterocycles. The van der Waals surface area contributed by atoms with Gasteiger partial charge in [0.2, 0.25) is 5.95 Å². The summed E-state index contributed by atoms with van der Waals surface area (Å²) < 4.78 is 40.3. The summed E-state index contributed by atoms with van der Waals surface area (Å²) in [6.07, 6.45) is 1.54. The molecule has 0 unspecified atom stereocenters. The van der Waals surface area contributed by atoms with Crippen LogP contribution >= 0.6 is 0 Å². The lowest BCUT2D eigenvalue weighted by Crippen LogP contribution is -2.42. The molecule has 0 spiro atoms. The van der Waals surface area contributed by atoms with Crippen LogP contribution in [0.4, 0.5) is 19.1 Å². The summed E-state index contributed by atoms with van der Waals surface area (Å²) in [5.41, 5.74) is 1.47. The van der Waals surface area contributed by atoms with Gasteiger partial charge in [0.25, 0.3) is 0 Å². The number of hydrogen-bond donors (Lipinski definition) is 0. The van der Waals surface area contributed by atoms with E-state index in [9.17, 15) is 13.2 Å². The van der Waals surface area contributed by atoms with Crippen molar-refractivity contribution in [1.29, 1.82) is 0 Å². The second-order valence-corrected chi connectivity index (χ2v) is 5.47. The largest absolute Gasteiger partial charge is 0.393 e. The molecule has 1 aliphatic rings. The molecule has 8 heteroatoms. The minimum atomic E-state index is -4.17. The summed E-state index contributed by atoms with van der Waals surface area (Å²) in [5, 5.41) is 4.07. The minimum Gasteiger partial charge on any atom is -0.340 e. The normalized spacial score (nSPS) is 19.5. The smallest absolute Gasteiger partial charge is 0.340 e. The molecule has 118 valence electrons. The van der Waals surface area contributed by atoms with Crippen LogP contribution in [0.1, 0.15) is 12.8 Å². The average molecular weight is 311 g/mol. The quantitative estimate of drug-likeness (QED) is 0.855. The Balaban J connectivity index is 1.83. The van der Waals surface area contributed by atoms with E-state index in [1.165, 1.54) is 0 Å². The van der Waals surface area contributed by atoms with Crippen molar-refractivity contribution in [3.63, 3.8) is 0 Å². The molecule has 22 heavy (non-hydrogen) atoms. The number of aryl methyl sites for hydroxylation is 1. The number of hydrogen-bond acceptors (Lipinski definition) is 4. The molecule has 0 amide bonds. The second kappa shape index (κ2) is 5.58. The molecule has 3 rings (SSSR count). The Morgan fingerprint density at radius 1 is 1.32 bits per heavy atom. The van der Waals surface area contributed by atoms with Crippen LogP contribution in [0.5, 0.6) is 0 Å². The summed E-state index contributed by atoms with van der Waals surface area (Å²) in [5.74, 6) is -0.970. The molecular weight excluding hydrogens is 295 g/mol. The van der Waals surface area contributed by atoms with Gasteiger partial charge in [-0.15, -0.1) is 0 Å². The third-order valence-corrected chi connectivity index (χ3v) is 3.81. The molecule has 0 aliphatic carbocycles. The number of rotatable bonds is 2. The number of halogens is 3. The van der Waals surface area contributed by atoms with Gasteiger partial charge in [-0.25, -0.2) is 9.97 Å². The van der Waals surface area contributed by atoms with E-state index < -0.39 is 12.1 Å². The predicted molar refractivity (Wildman–Crippen MR) is 75.2 cm³/mol. The zero-order chi connectivity index (χ0) is 15.7. The van der Waals surface area contributed by atoms with Gasteiger partial charge in [-0.05, 0) is 18.9 Å². The van der Waals surface area contributed by atoms with Gasteiger partial charge in [-0.1, -0.05) is 0 Å². The lowest BCUT2D eigenvalue weighted by Gasteiger charge is -2.33. The van der Waals surface area contributed by atoms with Crippen molar-refractivity contribution in [3.8, 4) is 11.3 Å². The summed E-state index contributed by atoms with van der Waals surface area (Å²) in [6, 6.07) is 1.73. The molecule has 2 aromatic heterocycles. The number of piperidine rings is 1. The van der Waals surface area contributed by atoms with Crippen LogP contribution in [-0.4, -0.2) is 39.0 Å². The van der Waals surface area contributed by atoms with Crippen LogP contribution in [0, 0.1) is 5.92 Å². The molecule has 0 radical (unpaired) electrons. The number of alkyl halides is 3. The molecule has 3 heterocycles.